The average Bonchev–Trinajstić information content (AvgIpc) is 2.89. The van der Waals surface area contributed by atoms with Crippen LogP contribution >= 0.6 is 0 Å². The zero-order chi connectivity index (χ0) is 17.6. The van der Waals surface area contributed by atoms with Gasteiger partial charge in [-0.05, 0) is 36.2 Å². The molecule has 5 nitrogen and oxygen atoms in total. The van der Waals surface area contributed by atoms with Crippen molar-refractivity contribution >= 4 is 23.1 Å². The Morgan fingerprint density at radius 1 is 1.20 bits per heavy atom. The molecule has 0 atom stereocenters. The monoisotopic (exact) mass is 338 g/mol. The topological polar surface area (TPSA) is 71.2 Å². The molecule has 1 aliphatic heterocycles. The molecule has 1 amide bonds. The molecule has 1 aromatic heterocycles. The number of nitrogens with one attached hydrogen (secondary N) is 2. The van der Waals surface area contributed by atoms with Gasteiger partial charge in [-0.3, -0.25) is 9.59 Å². The van der Waals surface area contributed by atoms with Crippen molar-refractivity contribution in [3.05, 3.63) is 52.8 Å². The van der Waals surface area contributed by atoms with E-state index >= 15 is 0 Å². The van der Waals surface area contributed by atoms with Crippen LogP contribution in [0.25, 0.3) is 22.2 Å². The van der Waals surface area contributed by atoms with Crippen LogP contribution in [0.1, 0.15) is 26.3 Å². The first-order valence-electron chi connectivity index (χ1n) is 7.88. The minimum absolute atomic E-state index is 0.280. The fourth-order valence-corrected chi connectivity index (χ4v) is 3.41. The van der Waals surface area contributed by atoms with Gasteiger partial charge in [0.1, 0.15) is 17.9 Å². The Bertz CT molecular complexity index is 1020. The van der Waals surface area contributed by atoms with E-state index in [2.05, 4.69) is 10.3 Å². The second kappa shape index (κ2) is 5.73. The number of benzene rings is 2. The summed E-state index contributed by atoms with van der Waals surface area (Å²) in [4.78, 5) is 26.5. The molecule has 2 heterocycles. The molecule has 0 spiro atoms. The van der Waals surface area contributed by atoms with Crippen LogP contribution in [0.5, 0.6) is 5.75 Å². The first kappa shape index (κ1) is 15.4. The van der Waals surface area contributed by atoms with E-state index in [1.807, 2.05) is 0 Å². The molecular weight excluding hydrogens is 323 g/mol. The second-order valence-corrected chi connectivity index (χ2v) is 5.94. The summed E-state index contributed by atoms with van der Waals surface area (Å²) in [5.41, 5.74) is 3.87. The van der Waals surface area contributed by atoms with Crippen LogP contribution < -0.4 is 10.1 Å². The number of carbonyl (C=O) groups is 2. The van der Waals surface area contributed by atoms with Gasteiger partial charge in [-0.1, -0.05) is 6.07 Å². The second-order valence-electron chi connectivity index (χ2n) is 5.94. The highest BCUT2D eigenvalue weighted by atomic mass is 19.1. The van der Waals surface area contributed by atoms with Crippen molar-refractivity contribution in [3.8, 4) is 17.0 Å². The highest BCUT2D eigenvalue weighted by Gasteiger charge is 2.24. The third-order valence-corrected chi connectivity index (χ3v) is 4.50. The summed E-state index contributed by atoms with van der Waals surface area (Å²) in [6, 6.07) is 7.79. The van der Waals surface area contributed by atoms with E-state index in [0.29, 0.717) is 35.4 Å². The molecule has 2 aromatic carbocycles. The molecular formula is C19H15FN2O3. The van der Waals surface area contributed by atoms with Gasteiger partial charge in [0.15, 0.2) is 0 Å². The largest absolute Gasteiger partial charge is 0.496 e. The summed E-state index contributed by atoms with van der Waals surface area (Å²) >= 11 is 0. The van der Waals surface area contributed by atoms with Crippen LogP contribution in [-0.4, -0.2) is 30.8 Å². The fraction of sp³-hybridized carbons (Fsp3) is 0.158. The summed E-state index contributed by atoms with van der Waals surface area (Å²) in [6.07, 6.45) is 1.36. The number of aromatic amines is 1. The summed E-state index contributed by atoms with van der Waals surface area (Å²) in [5, 5.41) is 3.52. The molecule has 1 aliphatic rings. The predicted molar refractivity (Wildman–Crippen MR) is 91.7 cm³/mol. The van der Waals surface area contributed by atoms with Crippen LogP contribution in [0.4, 0.5) is 4.39 Å². The van der Waals surface area contributed by atoms with Crippen molar-refractivity contribution in [2.24, 2.45) is 0 Å². The third-order valence-electron chi connectivity index (χ3n) is 4.50. The van der Waals surface area contributed by atoms with Gasteiger partial charge in [0.05, 0.1) is 18.4 Å². The van der Waals surface area contributed by atoms with E-state index in [-0.39, 0.29) is 5.91 Å². The predicted octanol–water partition coefficient (Wildman–Crippen LogP) is 3.08. The smallest absolute Gasteiger partial charge is 0.252 e. The highest BCUT2D eigenvalue weighted by molar-refractivity contribution is 6.10. The molecule has 2 N–H and O–H groups in total. The Hall–Kier alpha value is -3.15. The van der Waals surface area contributed by atoms with Crippen molar-refractivity contribution < 1.29 is 18.7 Å². The van der Waals surface area contributed by atoms with E-state index in [1.165, 1.54) is 19.2 Å². The number of aromatic nitrogens is 1. The molecule has 0 bridgehead atoms. The summed E-state index contributed by atoms with van der Waals surface area (Å²) < 4.78 is 19.4. The van der Waals surface area contributed by atoms with Crippen molar-refractivity contribution in [1.82, 2.24) is 10.3 Å². The molecule has 0 saturated carbocycles. The first-order chi connectivity index (χ1) is 12.1. The lowest BCUT2D eigenvalue weighted by Crippen LogP contribution is -2.23. The fourth-order valence-electron chi connectivity index (χ4n) is 3.41. The number of methoxy groups -OCH3 is 1. The Labute approximate surface area is 142 Å². The minimum Gasteiger partial charge on any atom is -0.496 e. The number of hydrogen-bond acceptors (Lipinski definition) is 3. The molecule has 3 aromatic rings. The highest BCUT2D eigenvalue weighted by Crippen LogP contribution is 2.38. The maximum absolute atomic E-state index is 13.9. The number of aldehydes is 1. The lowest BCUT2D eigenvalue weighted by Gasteiger charge is -2.10. The van der Waals surface area contributed by atoms with E-state index in [1.54, 1.807) is 18.2 Å². The first-order valence-corrected chi connectivity index (χ1v) is 7.88. The van der Waals surface area contributed by atoms with Gasteiger partial charge in [0.25, 0.3) is 5.91 Å². The van der Waals surface area contributed by atoms with E-state index in [9.17, 15) is 14.0 Å². The van der Waals surface area contributed by atoms with Gasteiger partial charge >= 0.3 is 0 Å². The number of ether oxygens (including phenoxy) is 1. The van der Waals surface area contributed by atoms with Crippen molar-refractivity contribution in [2.45, 2.75) is 6.42 Å². The molecule has 0 aliphatic carbocycles. The lowest BCUT2D eigenvalue weighted by atomic mass is 9.99. The Morgan fingerprint density at radius 2 is 2.04 bits per heavy atom. The van der Waals surface area contributed by atoms with Crippen molar-refractivity contribution in [3.63, 3.8) is 0 Å². The zero-order valence-electron chi connectivity index (χ0n) is 13.5. The van der Waals surface area contributed by atoms with Crippen LogP contribution in [-0.2, 0) is 6.42 Å². The van der Waals surface area contributed by atoms with Gasteiger partial charge in [-0.2, -0.15) is 0 Å². The maximum atomic E-state index is 13.9. The standard InChI is InChI=1S/C19H15FN2O3/c1-25-16-6-10(9-23)2-3-12(16)18-13-4-5-21-19(24)14-7-11(20)8-15(22-18)17(13)14/h2-3,6-9,22H,4-5H2,1H3,(H,21,24). The zero-order valence-corrected chi connectivity index (χ0v) is 13.5. The SMILES string of the molecule is COc1cc(C=O)ccc1-c1[nH]c2cc(F)cc3c2c1CCNC3=O. The van der Waals surface area contributed by atoms with Crippen molar-refractivity contribution in [2.75, 3.05) is 13.7 Å². The number of H-pyrrole nitrogens is 1. The quantitative estimate of drug-likeness (QED) is 0.721. The molecule has 0 saturated heterocycles. The molecule has 0 unspecified atom stereocenters. The number of rotatable bonds is 3. The summed E-state index contributed by atoms with van der Waals surface area (Å²) in [6.45, 7) is 0.462. The van der Waals surface area contributed by atoms with E-state index in [0.717, 1.165) is 28.5 Å². The number of halogens is 1. The van der Waals surface area contributed by atoms with Gasteiger partial charge in [-0.15, -0.1) is 0 Å². The van der Waals surface area contributed by atoms with E-state index < -0.39 is 5.82 Å². The molecule has 0 radical (unpaired) electrons. The molecule has 25 heavy (non-hydrogen) atoms. The Balaban J connectivity index is 2.04. The Morgan fingerprint density at radius 3 is 2.80 bits per heavy atom. The normalized spacial score (nSPS) is 13.4. The van der Waals surface area contributed by atoms with Gasteiger partial charge in [0.2, 0.25) is 0 Å². The van der Waals surface area contributed by atoms with Gasteiger partial charge in [-0.25, -0.2) is 4.39 Å². The molecule has 126 valence electrons. The number of carbonyl (C=O) groups excluding carboxylic acids is 2. The molecule has 0 fully saturated rings. The van der Waals surface area contributed by atoms with E-state index in [4.69, 9.17) is 4.74 Å². The summed E-state index contributed by atoms with van der Waals surface area (Å²) in [5.74, 6) is -0.211. The van der Waals surface area contributed by atoms with Crippen molar-refractivity contribution in [1.29, 1.82) is 0 Å². The lowest BCUT2D eigenvalue weighted by molar-refractivity contribution is 0.0956. The Kier molecular flexibility index (Phi) is 3.53. The van der Waals surface area contributed by atoms with Gasteiger partial charge < -0.3 is 15.0 Å². The number of hydrogen-bond donors (Lipinski definition) is 2. The van der Waals surface area contributed by atoms with Crippen LogP contribution in [0.3, 0.4) is 0 Å². The molecule has 4 rings (SSSR count). The van der Waals surface area contributed by atoms with Gasteiger partial charge in [0, 0.05) is 28.6 Å². The minimum atomic E-state index is -0.470. The molecule has 6 heteroatoms. The summed E-state index contributed by atoms with van der Waals surface area (Å²) in [7, 11) is 1.53. The third kappa shape index (κ3) is 2.38. The maximum Gasteiger partial charge on any atom is 0.252 e. The van der Waals surface area contributed by atoms with Crippen LogP contribution in [0, 0.1) is 5.82 Å². The van der Waals surface area contributed by atoms with Crippen LogP contribution in [0.2, 0.25) is 0 Å². The average molecular weight is 338 g/mol. The number of amides is 1. The van der Waals surface area contributed by atoms with Crippen LogP contribution in [0.15, 0.2) is 30.3 Å².